The van der Waals surface area contributed by atoms with Crippen LogP contribution in [0.1, 0.15) is 19.3 Å². The van der Waals surface area contributed by atoms with Gasteiger partial charge in [0.2, 0.25) is 0 Å². The average molecular weight is 420 g/mol. The van der Waals surface area contributed by atoms with E-state index in [2.05, 4.69) is 32.6 Å². The van der Waals surface area contributed by atoms with Crippen molar-refractivity contribution in [2.45, 2.75) is 25.6 Å². The normalized spacial score (nSPS) is 9.07. The molecule has 0 aromatic rings. The first-order chi connectivity index (χ1) is 12.7. The van der Waals surface area contributed by atoms with Gasteiger partial charge in [0.05, 0.1) is 0 Å². The molecular weight excluding hydrogens is 396 g/mol. The third-order valence-electron chi connectivity index (χ3n) is 2.38. The van der Waals surface area contributed by atoms with Crippen LogP contribution in [0.3, 0.4) is 0 Å². The summed E-state index contributed by atoms with van der Waals surface area (Å²) in [6.07, 6.45) is 14.9. The zero-order chi connectivity index (χ0) is 21.1. The zero-order valence-corrected chi connectivity index (χ0v) is 16.5. The van der Waals surface area contributed by atoms with E-state index in [4.69, 9.17) is 28.2 Å². The van der Waals surface area contributed by atoms with E-state index in [1.807, 2.05) is 12.2 Å². The van der Waals surface area contributed by atoms with Crippen LogP contribution in [0.4, 0.5) is 0 Å². The molecule has 8 heteroatoms. The van der Waals surface area contributed by atoms with E-state index in [1.54, 1.807) is 26.4 Å². The van der Waals surface area contributed by atoms with Crippen molar-refractivity contribution in [3.05, 3.63) is 69.1 Å². The predicted octanol–water partition coefficient (Wildman–Crippen LogP) is 3.06. The van der Waals surface area contributed by atoms with E-state index in [-0.39, 0.29) is 35.9 Å². The molecule has 0 unspecified atom stereocenters. The number of allylic oxidation sites excluding steroid dienone is 5. The summed E-state index contributed by atoms with van der Waals surface area (Å²) in [6, 6.07) is 0. The molecule has 0 aromatic heterocycles. The quantitative estimate of drug-likeness (QED) is 0.0590. The topological polar surface area (TPSA) is 104 Å². The van der Waals surface area contributed by atoms with Gasteiger partial charge >= 0.3 is 39.9 Å². The molecule has 0 bridgehead atoms. The summed E-state index contributed by atoms with van der Waals surface area (Å²) in [6.45, 7) is 17.2. The molecule has 0 aliphatic carbocycles. The van der Waals surface area contributed by atoms with Crippen molar-refractivity contribution >= 4 is 5.97 Å². The maximum atomic E-state index is 11.1. The number of hydrogen-bond donors (Lipinski definition) is 0. The maximum absolute atomic E-state index is 11.1. The number of methoxy groups -OCH3 is 2. The van der Waals surface area contributed by atoms with Crippen LogP contribution in [-0.2, 0) is 50.0 Å². The molecule has 0 aromatic carbocycles. The summed E-state index contributed by atoms with van der Waals surface area (Å²) < 4.78 is 37.5. The number of carbonyl (C=O) groups is 1. The Morgan fingerprint density at radius 1 is 1.00 bits per heavy atom. The molecule has 0 aliphatic rings. The van der Waals surface area contributed by atoms with Crippen LogP contribution in [-0.4, -0.2) is 33.1 Å². The maximum Gasteiger partial charge on any atom is 0 e. The molecule has 0 radical (unpaired) electrons. The van der Waals surface area contributed by atoms with E-state index in [1.165, 1.54) is 12.2 Å². The van der Waals surface area contributed by atoms with Crippen molar-refractivity contribution in [2.75, 3.05) is 20.8 Å². The van der Waals surface area contributed by atoms with Gasteiger partial charge in [-0.25, -0.2) is 4.79 Å². The van der Waals surface area contributed by atoms with Gasteiger partial charge in [0.1, 0.15) is 6.61 Å². The second kappa shape index (κ2) is 39.2. The van der Waals surface area contributed by atoms with Gasteiger partial charge in [-0.3, -0.25) is 0 Å². The molecule has 0 rings (SSSR count). The van der Waals surface area contributed by atoms with Crippen molar-refractivity contribution in [1.29, 1.82) is 0 Å². The number of unbranched alkanes of at least 4 members (excludes halogenated alkanes) is 1. The molecule has 0 aliphatic heterocycles. The standard InChI is InChI=1S/C16H24O4.3CO.Fe/c1-4-14-20-15(17)12-10-8-6-5-7-9-11-13-16(18-2)19-3;3*1-2;/h4-8,10,12,16H,1,9,11,13-14H2,2-3H3;;;;/b7-5+,8-6+,12-10-;;;;. The minimum Gasteiger partial charge on any atom is 0 e. The Labute approximate surface area is 171 Å². The molecule has 0 spiro atoms. The molecule has 0 N–H and O–H groups in total. The fraction of sp³-hybridized carbons (Fsp3) is 0.368. The van der Waals surface area contributed by atoms with Crippen LogP contribution in [0.15, 0.2) is 49.1 Å². The van der Waals surface area contributed by atoms with Crippen molar-refractivity contribution < 1.29 is 50.0 Å². The molecule has 0 fully saturated rings. The van der Waals surface area contributed by atoms with E-state index >= 15 is 0 Å². The largest absolute Gasteiger partial charge is 0 e. The number of rotatable bonds is 11. The summed E-state index contributed by atoms with van der Waals surface area (Å²) >= 11 is 0. The Balaban J connectivity index is -0.000000208. The monoisotopic (exact) mass is 420 g/mol. The summed E-state index contributed by atoms with van der Waals surface area (Å²) in [5.41, 5.74) is 0. The second-order valence-electron chi connectivity index (χ2n) is 3.92. The number of carbonyl (C=O) groups excluding carboxylic acids is 1. The smallest absolute Gasteiger partial charge is 0 e. The second-order valence-corrected chi connectivity index (χ2v) is 3.92. The van der Waals surface area contributed by atoms with Gasteiger partial charge in [0.15, 0.2) is 6.29 Å². The van der Waals surface area contributed by atoms with Gasteiger partial charge < -0.3 is 14.2 Å². The van der Waals surface area contributed by atoms with Crippen molar-refractivity contribution in [3.63, 3.8) is 0 Å². The van der Waals surface area contributed by atoms with Crippen LogP contribution in [0.25, 0.3) is 0 Å². The van der Waals surface area contributed by atoms with Crippen LogP contribution in [0.5, 0.6) is 0 Å². The summed E-state index contributed by atoms with van der Waals surface area (Å²) in [5, 5.41) is 0. The molecule has 0 amide bonds. The van der Waals surface area contributed by atoms with Crippen LogP contribution < -0.4 is 0 Å². The van der Waals surface area contributed by atoms with Crippen LogP contribution in [0, 0.1) is 20.0 Å². The molecule has 27 heavy (non-hydrogen) atoms. The molecule has 0 saturated carbocycles. The molecule has 0 heterocycles. The van der Waals surface area contributed by atoms with Crippen molar-refractivity contribution in [2.24, 2.45) is 0 Å². The van der Waals surface area contributed by atoms with Gasteiger partial charge in [-0.15, -0.1) is 0 Å². The first-order valence-corrected chi connectivity index (χ1v) is 7.19. The fourth-order valence-corrected chi connectivity index (χ4v) is 1.36. The minimum absolute atomic E-state index is 0. The van der Waals surface area contributed by atoms with Gasteiger partial charge in [-0.05, 0) is 19.3 Å². The Morgan fingerprint density at radius 3 is 2.00 bits per heavy atom. The van der Waals surface area contributed by atoms with E-state index in [9.17, 15) is 4.79 Å². The molecule has 7 nitrogen and oxygen atoms in total. The zero-order valence-electron chi connectivity index (χ0n) is 15.4. The Bertz CT molecular complexity index is 444. The van der Waals surface area contributed by atoms with Crippen LogP contribution >= 0.6 is 0 Å². The molecule has 0 saturated heterocycles. The third kappa shape index (κ3) is 35.9. The Kier molecular flexibility index (Phi) is 52.4. The van der Waals surface area contributed by atoms with Gasteiger partial charge in [0.25, 0.3) is 0 Å². The number of ether oxygens (including phenoxy) is 3. The number of esters is 1. The average Bonchev–Trinajstić information content (AvgIpc) is 2.72. The van der Waals surface area contributed by atoms with E-state index in [0.29, 0.717) is 0 Å². The van der Waals surface area contributed by atoms with Crippen molar-refractivity contribution in [1.82, 2.24) is 0 Å². The SMILES string of the molecule is C=CCOC(=O)\C=C/C=C/C=C/CCCC(OC)OC.[C-]#[O+].[C-]#[O+].[C-]#[O+].[Fe]. The molecule has 150 valence electrons. The molecular formula is C19H24FeO7. The Morgan fingerprint density at radius 2 is 1.52 bits per heavy atom. The summed E-state index contributed by atoms with van der Waals surface area (Å²) in [7, 11) is 3.28. The van der Waals surface area contributed by atoms with Gasteiger partial charge in [0, 0.05) is 37.4 Å². The summed E-state index contributed by atoms with van der Waals surface area (Å²) in [4.78, 5) is 11.1. The number of hydrogen-bond acceptors (Lipinski definition) is 4. The predicted molar refractivity (Wildman–Crippen MR) is 92.0 cm³/mol. The summed E-state index contributed by atoms with van der Waals surface area (Å²) in [5.74, 6) is -0.372. The van der Waals surface area contributed by atoms with E-state index in [0.717, 1.165) is 19.3 Å². The van der Waals surface area contributed by atoms with Crippen LogP contribution in [0.2, 0.25) is 0 Å². The third-order valence-corrected chi connectivity index (χ3v) is 2.38. The van der Waals surface area contributed by atoms with E-state index < -0.39 is 0 Å². The van der Waals surface area contributed by atoms with Crippen molar-refractivity contribution in [3.8, 4) is 0 Å². The first-order valence-electron chi connectivity index (χ1n) is 7.19. The minimum atomic E-state index is -0.372. The molecule has 0 atom stereocenters. The van der Waals surface area contributed by atoms with Gasteiger partial charge in [-0.1, -0.05) is 43.0 Å². The van der Waals surface area contributed by atoms with Gasteiger partial charge in [-0.2, -0.15) is 0 Å². The Hall–Kier alpha value is -1.91. The fourth-order valence-electron chi connectivity index (χ4n) is 1.36. The first kappa shape index (κ1) is 36.1.